The third-order valence-corrected chi connectivity index (χ3v) is 2.41. The second kappa shape index (κ2) is 4.05. The fraction of sp³-hybridized carbons (Fsp3) is 0.714. The third kappa shape index (κ3) is 3.08. The van der Waals surface area contributed by atoms with E-state index in [1.54, 1.807) is 0 Å². The van der Waals surface area contributed by atoms with Crippen LogP contribution in [0.3, 0.4) is 0 Å². The lowest BCUT2D eigenvalue weighted by molar-refractivity contribution is 0.349. The first-order chi connectivity index (χ1) is 6.42. The molecule has 0 aromatic carbocycles. The molecule has 0 fully saturated rings. The van der Waals surface area contributed by atoms with Crippen LogP contribution in [0.5, 0.6) is 0 Å². The van der Waals surface area contributed by atoms with E-state index < -0.39 is 9.84 Å². The van der Waals surface area contributed by atoms with Crippen LogP contribution >= 0.6 is 0 Å². The van der Waals surface area contributed by atoms with Crippen LogP contribution in [0.4, 0.5) is 0 Å². The maximum atomic E-state index is 10.9. The molecule has 1 aromatic heterocycles. The van der Waals surface area contributed by atoms with Gasteiger partial charge in [-0.05, 0) is 6.42 Å². The Hall–Kier alpha value is -0.950. The normalized spacial score (nSPS) is 14.2. The van der Waals surface area contributed by atoms with Gasteiger partial charge in [0.05, 0.1) is 6.04 Å². The van der Waals surface area contributed by atoms with Gasteiger partial charge in [0.1, 0.15) is 5.75 Å². The van der Waals surface area contributed by atoms with Crippen LogP contribution in [0.2, 0.25) is 0 Å². The number of nitrogens with zero attached hydrogens (tertiary/aromatic N) is 2. The fourth-order valence-corrected chi connectivity index (χ4v) is 1.47. The molecule has 0 saturated carbocycles. The van der Waals surface area contributed by atoms with Crippen molar-refractivity contribution in [1.82, 2.24) is 10.1 Å². The summed E-state index contributed by atoms with van der Waals surface area (Å²) in [6, 6.07) is -0.323. The summed E-state index contributed by atoms with van der Waals surface area (Å²) in [5, 5.41) is 3.53. The average Bonchev–Trinajstić information content (AvgIpc) is 2.48. The molecule has 80 valence electrons. The summed E-state index contributed by atoms with van der Waals surface area (Å²) >= 11 is 0. The third-order valence-electron chi connectivity index (χ3n) is 1.63. The predicted molar refractivity (Wildman–Crippen MR) is 50.1 cm³/mol. The van der Waals surface area contributed by atoms with Gasteiger partial charge in [-0.25, -0.2) is 8.42 Å². The summed E-state index contributed by atoms with van der Waals surface area (Å²) in [5.74, 6) is 0.227. The predicted octanol–water partition coefficient (Wildman–Crippen LogP) is 0.0240. The Kier molecular flexibility index (Phi) is 3.22. The highest BCUT2D eigenvalue weighted by Gasteiger charge is 2.15. The standard InChI is InChI=1S/C7H13N3O3S/c1-3-5(8)7-9-6(10-13-7)4-14(2,11)12/h5H,3-4,8H2,1-2H3/t5-/m1/s1. The van der Waals surface area contributed by atoms with Crippen LogP contribution in [-0.2, 0) is 15.6 Å². The average molecular weight is 219 g/mol. The number of hydrogen-bond donors (Lipinski definition) is 1. The molecule has 0 saturated heterocycles. The van der Waals surface area contributed by atoms with Crippen molar-refractivity contribution in [1.29, 1.82) is 0 Å². The van der Waals surface area contributed by atoms with Gasteiger partial charge in [0.2, 0.25) is 5.89 Å². The molecule has 0 radical (unpaired) electrons. The van der Waals surface area contributed by atoms with Crippen molar-refractivity contribution in [2.75, 3.05) is 6.26 Å². The Morgan fingerprint density at radius 2 is 2.21 bits per heavy atom. The van der Waals surface area contributed by atoms with Crippen molar-refractivity contribution < 1.29 is 12.9 Å². The van der Waals surface area contributed by atoms with Crippen molar-refractivity contribution in [2.24, 2.45) is 5.73 Å². The number of aromatic nitrogens is 2. The largest absolute Gasteiger partial charge is 0.338 e. The Morgan fingerprint density at radius 1 is 1.57 bits per heavy atom. The molecule has 0 amide bonds. The molecular formula is C7H13N3O3S. The van der Waals surface area contributed by atoms with Crippen molar-refractivity contribution in [3.63, 3.8) is 0 Å². The van der Waals surface area contributed by atoms with Crippen molar-refractivity contribution >= 4 is 9.84 Å². The zero-order valence-electron chi connectivity index (χ0n) is 8.10. The molecule has 0 bridgehead atoms. The lowest BCUT2D eigenvalue weighted by Crippen LogP contribution is -2.09. The minimum atomic E-state index is -3.12. The van der Waals surface area contributed by atoms with Crippen LogP contribution < -0.4 is 5.73 Å². The maximum Gasteiger partial charge on any atom is 0.243 e. The Balaban J connectivity index is 2.79. The Labute approximate surface area is 82.4 Å². The molecular weight excluding hydrogens is 206 g/mol. The van der Waals surface area contributed by atoms with E-state index in [0.29, 0.717) is 6.42 Å². The number of rotatable bonds is 4. The van der Waals surface area contributed by atoms with Crippen LogP contribution in [0.25, 0.3) is 0 Å². The van der Waals surface area contributed by atoms with Crippen LogP contribution in [0.15, 0.2) is 4.52 Å². The molecule has 0 aliphatic rings. The van der Waals surface area contributed by atoms with Gasteiger partial charge in [0.25, 0.3) is 0 Å². The summed E-state index contributed by atoms with van der Waals surface area (Å²) in [6.45, 7) is 1.88. The molecule has 2 N–H and O–H groups in total. The van der Waals surface area contributed by atoms with Crippen molar-refractivity contribution in [3.8, 4) is 0 Å². The van der Waals surface area contributed by atoms with Crippen LogP contribution in [0, 0.1) is 0 Å². The minimum absolute atomic E-state index is 0.159. The zero-order valence-corrected chi connectivity index (χ0v) is 8.91. The van der Waals surface area contributed by atoms with Gasteiger partial charge in [-0.3, -0.25) is 0 Å². The second-order valence-electron chi connectivity index (χ2n) is 3.13. The fourth-order valence-electron chi connectivity index (χ4n) is 0.886. The first-order valence-electron chi connectivity index (χ1n) is 4.18. The quantitative estimate of drug-likeness (QED) is 0.766. The topological polar surface area (TPSA) is 99.1 Å². The first-order valence-corrected chi connectivity index (χ1v) is 6.24. The Bertz CT molecular complexity index is 398. The number of nitrogens with two attached hydrogens (primary N) is 1. The van der Waals surface area contributed by atoms with Crippen LogP contribution in [0.1, 0.15) is 31.1 Å². The molecule has 0 aliphatic heterocycles. The molecule has 1 atom stereocenters. The van der Waals surface area contributed by atoms with Gasteiger partial charge in [0.15, 0.2) is 15.7 Å². The highest BCUT2D eigenvalue weighted by atomic mass is 32.2. The Morgan fingerprint density at radius 3 is 2.71 bits per heavy atom. The number of sulfone groups is 1. The van der Waals surface area contributed by atoms with Gasteiger partial charge >= 0.3 is 0 Å². The molecule has 1 rings (SSSR count). The molecule has 1 heterocycles. The van der Waals surface area contributed by atoms with E-state index in [4.69, 9.17) is 10.3 Å². The van der Waals surface area contributed by atoms with Gasteiger partial charge in [0, 0.05) is 6.26 Å². The smallest absolute Gasteiger partial charge is 0.243 e. The summed E-state index contributed by atoms with van der Waals surface area (Å²) in [4.78, 5) is 3.88. The highest BCUT2D eigenvalue weighted by Crippen LogP contribution is 2.11. The van der Waals surface area contributed by atoms with Gasteiger partial charge < -0.3 is 10.3 Å². The summed E-state index contributed by atoms with van der Waals surface area (Å²) < 4.78 is 26.6. The zero-order chi connectivity index (χ0) is 10.8. The molecule has 14 heavy (non-hydrogen) atoms. The molecule has 1 aromatic rings. The highest BCUT2D eigenvalue weighted by molar-refractivity contribution is 7.89. The number of hydrogen-bond acceptors (Lipinski definition) is 6. The molecule has 0 unspecified atom stereocenters. The summed E-state index contributed by atoms with van der Waals surface area (Å²) in [7, 11) is -3.12. The van der Waals surface area contributed by atoms with E-state index in [-0.39, 0.29) is 23.5 Å². The monoisotopic (exact) mass is 219 g/mol. The van der Waals surface area contributed by atoms with Crippen LogP contribution in [-0.4, -0.2) is 24.8 Å². The summed E-state index contributed by atoms with van der Waals surface area (Å²) in [5.41, 5.74) is 5.63. The van der Waals surface area contributed by atoms with E-state index in [1.807, 2.05) is 6.92 Å². The van der Waals surface area contributed by atoms with Gasteiger partial charge in [-0.15, -0.1) is 0 Å². The molecule has 0 aliphatic carbocycles. The first kappa shape index (κ1) is 11.1. The van der Waals surface area contributed by atoms with Crippen molar-refractivity contribution in [3.05, 3.63) is 11.7 Å². The van der Waals surface area contributed by atoms with E-state index in [9.17, 15) is 8.42 Å². The van der Waals surface area contributed by atoms with Crippen molar-refractivity contribution in [2.45, 2.75) is 25.1 Å². The summed E-state index contributed by atoms with van der Waals surface area (Å²) in [6.07, 6.45) is 1.78. The minimum Gasteiger partial charge on any atom is -0.338 e. The SMILES string of the molecule is CC[C@@H](N)c1nc(CS(C)(=O)=O)no1. The molecule has 7 heteroatoms. The van der Waals surface area contributed by atoms with E-state index in [0.717, 1.165) is 6.26 Å². The second-order valence-corrected chi connectivity index (χ2v) is 5.27. The van der Waals surface area contributed by atoms with Gasteiger partial charge in [-0.1, -0.05) is 12.1 Å². The van der Waals surface area contributed by atoms with E-state index in [2.05, 4.69) is 10.1 Å². The molecule has 6 nitrogen and oxygen atoms in total. The molecule has 0 spiro atoms. The lowest BCUT2D eigenvalue weighted by Gasteiger charge is -1.98. The van der Waals surface area contributed by atoms with E-state index in [1.165, 1.54) is 0 Å². The van der Waals surface area contributed by atoms with E-state index >= 15 is 0 Å². The lowest BCUT2D eigenvalue weighted by atomic mass is 10.2. The maximum absolute atomic E-state index is 10.9. The van der Waals surface area contributed by atoms with Gasteiger partial charge in [-0.2, -0.15) is 4.98 Å².